The van der Waals surface area contributed by atoms with Gasteiger partial charge in [0.1, 0.15) is 6.10 Å². The van der Waals surface area contributed by atoms with Crippen molar-refractivity contribution >= 4 is 11.9 Å². The van der Waals surface area contributed by atoms with Gasteiger partial charge in [0.2, 0.25) is 0 Å². The van der Waals surface area contributed by atoms with Gasteiger partial charge >= 0.3 is 11.9 Å². The molecule has 0 bridgehead atoms. The van der Waals surface area contributed by atoms with Gasteiger partial charge in [0.05, 0.1) is 0 Å². The summed E-state index contributed by atoms with van der Waals surface area (Å²) < 4.78 is 5.90. The lowest BCUT2D eigenvalue weighted by molar-refractivity contribution is -0.150. The van der Waals surface area contributed by atoms with Crippen LogP contribution in [0.3, 0.4) is 0 Å². The number of rotatable bonds is 36. The van der Waals surface area contributed by atoms with Crippen LogP contribution in [0.2, 0.25) is 0 Å². The van der Waals surface area contributed by atoms with Crippen LogP contribution in [0.15, 0.2) is 36.5 Å². The summed E-state index contributed by atoms with van der Waals surface area (Å²) in [6.07, 6.45) is 48.7. The molecule has 1 atom stereocenters. The molecule has 1 unspecified atom stereocenters. The lowest BCUT2D eigenvalue weighted by Gasteiger charge is -2.18. The first-order valence-corrected chi connectivity index (χ1v) is 20.0. The molecule has 0 saturated carbocycles. The van der Waals surface area contributed by atoms with Gasteiger partial charge in [-0.05, 0) is 70.6 Å². The number of allylic oxidation sites excluding steroid dienone is 6. The van der Waals surface area contributed by atoms with Crippen molar-refractivity contribution < 1.29 is 19.4 Å². The van der Waals surface area contributed by atoms with E-state index in [0.717, 1.165) is 57.8 Å². The predicted octanol–water partition coefficient (Wildman–Crippen LogP) is 13.8. The maximum atomic E-state index is 12.6. The van der Waals surface area contributed by atoms with Crippen molar-refractivity contribution in [2.45, 2.75) is 219 Å². The number of carbonyl (C=O) groups is 2. The number of hydrogen-bond acceptors (Lipinski definition) is 3. The van der Waals surface area contributed by atoms with Gasteiger partial charge in [-0.15, -0.1) is 0 Å². The van der Waals surface area contributed by atoms with Gasteiger partial charge in [0.25, 0.3) is 0 Å². The van der Waals surface area contributed by atoms with Gasteiger partial charge in [0, 0.05) is 12.8 Å². The highest BCUT2D eigenvalue weighted by molar-refractivity contribution is 5.69. The zero-order chi connectivity index (χ0) is 33.6. The van der Waals surface area contributed by atoms with Crippen LogP contribution in [-0.2, 0) is 14.3 Å². The molecule has 0 amide bonds. The Labute approximate surface area is 286 Å². The molecule has 0 fully saturated rings. The van der Waals surface area contributed by atoms with Crippen LogP contribution in [0.4, 0.5) is 0 Å². The molecule has 46 heavy (non-hydrogen) atoms. The molecule has 0 aromatic carbocycles. The van der Waals surface area contributed by atoms with Crippen LogP contribution >= 0.6 is 0 Å². The number of ether oxygens (including phenoxy) is 1. The average molecular weight is 645 g/mol. The van der Waals surface area contributed by atoms with Crippen LogP contribution in [0.5, 0.6) is 0 Å². The fourth-order valence-corrected chi connectivity index (χ4v) is 5.96. The summed E-state index contributed by atoms with van der Waals surface area (Å²) in [7, 11) is 0. The van der Waals surface area contributed by atoms with Crippen LogP contribution in [-0.4, -0.2) is 23.1 Å². The fourth-order valence-electron chi connectivity index (χ4n) is 5.96. The maximum absolute atomic E-state index is 12.6. The summed E-state index contributed by atoms with van der Waals surface area (Å²) >= 11 is 0. The lowest BCUT2D eigenvalue weighted by atomic mass is 10.0. The van der Waals surface area contributed by atoms with E-state index >= 15 is 0 Å². The standard InChI is InChI=1S/C42H76O4/c1-3-5-7-9-11-13-15-17-19-20-21-23-25-27-29-31-33-39-42(45)46-40(37-34-35-38-41(43)44)36-32-30-28-26-24-22-18-16-14-12-10-8-6-4-2/h5,7,11,13,17,19,40H,3-4,6,8-10,12,14-16,18,20-39H2,1-2H3,(H,43,44)/b7-5-,13-11-,19-17-. The van der Waals surface area contributed by atoms with E-state index in [-0.39, 0.29) is 18.5 Å². The van der Waals surface area contributed by atoms with Crippen molar-refractivity contribution in [3.05, 3.63) is 36.5 Å². The molecule has 0 aliphatic carbocycles. The number of hydrogen-bond donors (Lipinski definition) is 1. The van der Waals surface area contributed by atoms with Crippen molar-refractivity contribution in [2.24, 2.45) is 0 Å². The Morgan fingerprint density at radius 3 is 1.43 bits per heavy atom. The van der Waals surface area contributed by atoms with E-state index in [0.29, 0.717) is 12.8 Å². The van der Waals surface area contributed by atoms with E-state index in [9.17, 15) is 9.59 Å². The lowest BCUT2D eigenvalue weighted by Crippen LogP contribution is -2.18. The van der Waals surface area contributed by atoms with Crippen molar-refractivity contribution in [3.8, 4) is 0 Å². The van der Waals surface area contributed by atoms with Crippen molar-refractivity contribution in [1.29, 1.82) is 0 Å². The highest BCUT2D eigenvalue weighted by Crippen LogP contribution is 2.18. The highest BCUT2D eigenvalue weighted by atomic mass is 16.5. The monoisotopic (exact) mass is 645 g/mol. The Kier molecular flexibility index (Phi) is 36.1. The molecule has 268 valence electrons. The molecular weight excluding hydrogens is 568 g/mol. The number of unbranched alkanes of at least 4 members (excludes halogenated alkanes) is 21. The van der Waals surface area contributed by atoms with Gasteiger partial charge in [0.15, 0.2) is 0 Å². The van der Waals surface area contributed by atoms with Gasteiger partial charge in [-0.25, -0.2) is 0 Å². The van der Waals surface area contributed by atoms with E-state index in [1.807, 2.05) is 0 Å². The highest BCUT2D eigenvalue weighted by Gasteiger charge is 2.14. The smallest absolute Gasteiger partial charge is 0.306 e. The first-order valence-electron chi connectivity index (χ1n) is 20.0. The van der Waals surface area contributed by atoms with Gasteiger partial charge < -0.3 is 9.84 Å². The zero-order valence-electron chi connectivity index (χ0n) is 30.6. The number of esters is 1. The summed E-state index contributed by atoms with van der Waals surface area (Å²) in [6.45, 7) is 4.44. The van der Waals surface area contributed by atoms with Crippen molar-refractivity contribution in [1.82, 2.24) is 0 Å². The number of carboxylic acid groups (broad SMARTS) is 1. The molecule has 0 heterocycles. The van der Waals surface area contributed by atoms with E-state index in [2.05, 4.69) is 50.3 Å². The Hall–Kier alpha value is -1.84. The largest absolute Gasteiger partial charge is 0.481 e. The predicted molar refractivity (Wildman–Crippen MR) is 199 cm³/mol. The molecule has 0 aromatic rings. The maximum Gasteiger partial charge on any atom is 0.306 e. The summed E-state index contributed by atoms with van der Waals surface area (Å²) in [4.78, 5) is 23.5. The molecule has 4 heteroatoms. The molecule has 0 rings (SSSR count). The molecule has 0 aromatic heterocycles. The summed E-state index contributed by atoms with van der Waals surface area (Å²) in [5.74, 6) is -0.806. The molecule has 0 spiro atoms. The molecule has 0 saturated heterocycles. The first kappa shape index (κ1) is 44.2. The second kappa shape index (κ2) is 37.6. The van der Waals surface area contributed by atoms with Gasteiger partial charge in [-0.3, -0.25) is 9.59 Å². The van der Waals surface area contributed by atoms with E-state index in [1.165, 1.54) is 122 Å². The first-order chi connectivity index (χ1) is 22.6. The van der Waals surface area contributed by atoms with Crippen LogP contribution in [0, 0.1) is 0 Å². The van der Waals surface area contributed by atoms with Crippen molar-refractivity contribution in [2.75, 3.05) is 0 Å². The van der Waals surface area contributed by atoms with E-state index < -0.39 is 5.97 Å². The topological polar surface area (TPSA) is 63.6 Å². The number of aliphatic carboxylic acids is 1. The van der Waals surface area contributed by atoms with Gasteiger partial charge in [-0.2, -0.15) is 0 Å². The second-order valence-corrected chi connectivity index (χ2v) is 13.4. The Balaban J connectivity index is 3.88. The number of carbonyl (C=O) groups excluding carboxylic acids is 1. The quantitative estimate of drug-likeness (QED) is 0.0419. The average Bonchev–Trinajstić information content (AvgIpc) is 3.04. The zero-order valence-corrected chi connectivity index (χ0v) is 30.6. The summed E-state index contributed by atoms with van der Waals surface area (Å²) in [6, 6.07) is 0. The SMILES string of the molecule is CC/C=C\C/C=C\C/C=C\CCCCCCCCCC(=O)OC(CCCCCCCCCCCCCCCC)CCCCC(=O)O. The normalized spacial score (nSPS) is 12.6. The molecule has 1 N–H and O–H groups in total. The minimum atomic E-state index is -0.744. The molecule has 4 nitrogen and oxygen atoms in total. The molecular formula is C42H76O4. The van der Waals surface area contributed by atoms with Crippen LogP contribution < -0.4 is 0 Å². The molecule has 0 aliphatic rings. The minimum absolute atomic E-state index is 0.0494. The third-order valence-electron chi connectivity index (χ3n) is 8.88. The Morgan fingerprint density at radius 1 is 0.500 bits per heavy atom. The molecule has 0 aliphatic heterocycles. The van der Waals surface area contributed by atoms with Crippen LogP contribution in [0.1, 0.15) is 213 Å². The van der Waals surface area contributed by atoms with Crippen molar-refractivity contribution in [3.63, 3.8) is 0 Å². The van der Waals surface area contributed by atoms with Crippen LogP contribution in [0.25, 0.3) is 0 Å². The third-order valence-corrected chi connectivity index (χ3v) is 8.88. The summed E-state index contributed by atoms with van der Waals surface area (Å²) in [5, 5.41) is 8.95. The Morgan fingerprint density at radius 2 is 0.913 bits per heavy atom. The Bertz CT molecular complexity index is 738. The molecule has 0 radical (unpaired) electrons. The fraction of sp³-hybridized carbons (Fsp3) is 0.810. The summed E-state index contributed by atoms with van der Waals surface area (Å²) in [5.41, 5.74) is 0. The minimum Gasteiger partial charge on any atom is -0.481 e. The second-order valence-electron chi connectivity index (χ2n) is 13.4. The van der Waals surface area contributed by atoms with E-state index in [4.69, 9.17) is 9.84 Å². The van der Waals surface area contributed by atoms with E-state index in [1.54, 1.807) is 0 Å². The number of carboxylic acids is 1. The van der Waals surface area contributed by atoms with Gasteiger partial charge in [-0.1, -0.05) is 166 Å². The third kappa shape index (κ3) is 36.6.